The number of ether oxygens (including phenoxy) is 1. The highest BCUT2D eigenvalue weighted by Crippen LogP contribution is 2.42. The first-order valence-electron chi connectivity index (χ1n) is 4.69. The van der Waals surface area contributed by atoms with Crippen LogP contribution in [0.4, 0.5) is 0 Å². The molecule has 1 aliphatic carbocycles. The second-order valence-corrected chi connectivity index (χ2v) is 3.88. The lowest BCUT2D eigenvalue weighted by molar-refractivity contribution is 0.00544. The number of rotatable bonds is 2. The second-order valence-electron chi connectivity index (χ2n) is 3.88. The van der Waals surface area contributed by atoms with Gasteiger partial charge in [0.15, 0.2) is 0 Å². The summed E-state index contributed by atoms with van der Waals surface area (Å²) >= 11 is 0. The van der Waals surface area contributed by atoms with Crippen molar-refractivity contribution in [3.05, 3.63) is 0 Å². The van der Waals surface area contributed by atoms with E-state index in [1.165, 1.54) is 19.3 Å². The van der Waals surface area contributed by atoms with Crippen LogP contribution in [0.3, 0.4) is 0 Å². The molecule has 2 N–H and O–H groups in total. The predicted molar refractivity (Wildman–Crippen MR) is 44.2 cm³/mol. The standard InChI is InChI=1S/C9H17NO/c10-4-3-9-7-1-2-8(9)6-11-5-7/h7-9H,1-6,10H2. The molecule has 11 heavy (non-hydrogen) atoms. The molecule has 2 unspecified atom stereocenters. The van der Waals surface area contributed by atoms with Gasteiger partial charge in [-0.2, -0.15) is 0 Å². The lowest BCUT2D eigenvalue weighted by Gasteiger charge is -2.29. The van der Waals surface area contributed by atoms with Gasteiger partial charge in [0.25, 0.3) is 0 Å². The maximum absolute atomic E-state index is 5.57. The molecule has 64 valence electrons. The summed E-state index contributed by atoms with van der Waals surface area (Å²) in [6.07, 6.45) is 3.99. The van der Waals surface area contributed by atoms with Gasteiger partial charge >= 0.3 is 0 Å². The molecule has 1 saturated carbocycles. The Morgan fingerprint density at radius 3 is 2.36 bits per heavy atom. The van der Waals surface area contributed by atoms with Gasteiger partial charge in [-0.15, -0.1) is 0 Å². The van der Waals surface area contributed by atoms with Crippen molar-refractivity contribution in [3.8, 4) is 0 Å². The summed E-state index contributed by atoms with van der Waals surface area (Å²) in [6, 6.07) is 0. The Labute approximate surface area is 68.1 Å². The van der Waals surface area contributed by atoms with Crippen molar-refractivity contribution in [1.82, 2.24) is 0 Å². The van der Waals surface area contributed by atoms with E-state index in [1.54, 1.807) is 0 Å². The minimum Gasteiger partial charge on any atom is -0.381 e. The Balaban J connectivity index is 1.97. The molecule has 0 radical (unpaired) electrons. The first-order valence-corrected chi connectivity index (χ1v) is 4.69. The van der Waals surface area contributed by atoms with E-state index in [1.807, 2.05) is 0 Å². The first-order chi connectivity index (χ1) is 5.42. The smallest absolute Gasteiger partial charge is 0.0497 e. The first kappa shape index (κ1) is 7.56. The molecule has 2 bridgehead atoms. The lowest BCUT2D eigenvalue weighted by atomic mass is 9.86. The lowest BCUT2D eigenvalue weighted by Crippen LogP contribution is -2.30. The van der Waals surface area contributed by atoms with Gasteiger partial charge in [0.2, 0.25) is 0 Å². The monoisotopic (exact) mass is 155 g/mol. The van der Waals surface area contributed by atoms with Crippen LogP contribution in [0.15, 0.2) is 0 Å². The Kier molecular flexibility index (Phi) is 2.14. The maximum Gasteiger partial charge on any atom is 0.0497 e. The number of hydrogen-bond acceptors (Lipinski definition) is 2. The topological polar surface area (TPSA) is 35.2 Å². The van der Waals surface area contributed by atoms with Crippen LogP contribution in [0.1, 0.15) is 19.3 Å². The van der Waals surface area contributed by atoms with E-state index < -0.39 is 0 Å². The molecule has 0 aromatic rings. The van der Waals surface area contributed by atoms with Crippen molar-refractivity contribution in [2.24, 2.45) is 23.5 Å². The van der Waals surface area contributed by atoms with E-state index in [9.17, 15) is 0 Å². The van der Waals surface area contributed by atoms with Crippen LogP contribution in [0.5, 0.6) is 0 Å². The molecule has 0 amide bonds. The summed E-state index contributed by atoms with van der Waals surface area (Å²) in [5.74, 6) is 2.59. The van der Waals surface area contributed by atoms with E-state index in [4.69, 9.17) is 10.5 Å². The summed E-state index contributed by atoms with van der Waals surface area (Å²) in [4.78, 5) is 0. The average Bonchev–Trinajstić information content (AvgIpc) is 2.30. The van der Waals surface area contributed by atoms with Crippen molar-refractivity contribution in [3.63, 3.8) is 0 Å². The normalized spacial score (nSPS) is 42.8. The highest BCUT2D eigenvalue weighted by molar-refractivity contribution is 4.87. The molecule has 2 atom stereocenters. The third-order valence-corrected chi connectivity index (χ3v) is 3.28. The van der Waals surface area contributed by atoms with Crippen LogP contribution in [0, 0.1) is 17.8 Å². The molecule has 2 fully saturated rings. The molecule has 1 heterocycles. The maximum atomic E-state index is 5.57. The number of hydrogen-bond donors (Lipinski definition) is 1. The summed E-state index contributed by atoms with van der Waals surface area (Å²) in [5, 5.41) is 0. The van der Waals surface area contributed by atoms with E-state index in [2.05, 4.69) is 0 Å². The van der Waals surface area contributed by atoms with Gasteiger partial charge in [-0.05, 0) is 43.6 Å². The van der Waals surface area contributed by atoms with Gasteiger partial charge in [-0.3, -0.25) is 0 Å². The van der Waals surface area contributed by atoms with Gasteiger partial charge < -0.3 is 10.5 Å². The summed E-state index contributed by atoms with van der Waals surface area (Å²) in [5.41, 5.74) is 5.57. The van der Waals surface area contributed by atoms with Crippen LogP contribution < -0.4 is 5.73 Å². The van der Waals surface area contributed by atoms with Crippen LogP contribution in [0.25, 0.3) is 0 Å². The molecule has 2 nitrogen and oxygen atoms in total. The Morgan fingerprint density at radius 2 is 1.82 bits per heavy atom. The molecule has 2 aliphatic rings. The summed E-state index contributed by atoms with van der Waals surface area (Å²) in [6.45, 7) is 2.86. The molecule has 0 spiro atoms. The molecule has 0 aromatic heterocycles. The fourth-order valence-corrected chi connectivity index (χ4v) is 2.69. The van der Waals surface area contributed by atoms with Crippen LogP contribution in [0.2, 0.25) is 0 Å². The van der Waals surface area contributed by atoms with Gasteiger partial charge in [0.05, 0.1) is 0 Å². The molecule has 0 aromatic carbocycles. The predicted octanol–water partition coefficient (Wildman–Crippen LogP) is 1.01. The molecule has 1 saturated heterocycles. The fraction of sp³-hybridized carbons (Fsp3) is 1.00. The minimum atomic E-state index is 0.845. The van der Waals surface area contributed by atoms with Crippen molar-refractivity contribution in [2.45, 2.75) is 19.3 Å². The Bertz CT molecular complexity index is 122. The third-order valence-electron chi connectivity index (χ3n) is 3.28. The Hall–Kier alpha value is -0.0800. The van der Waals surface area contributed by atoms with Crippen molar-refractivity contribution < 1.29 is 4.74 Å². The molecular formula is C9H17NO. The average molecular weight is 155 g/mol. The van der Waals surface area contributed by atoms with E-state index >= 15 is 0 Å². The van der Waals surface area contributed by atoms with E-state index in [0.717, 1.165) is 37.5 Å². The van der Waals surface area contributed by atoms with Gasteiger partial charge in [0.1, 0.15) is 0 Å². The zero-order chi connectivity index (χ0) is 7.68. The van der Waals surface area contributed by atoms with Crippen molar-refractivity contribution in [2.75, 3.05) is 19.8 Å². The SMILES string of the molecule is NCCC1C2CCC1COC2. The van der Waals surface area contributed by atoms with E-state index in [0.29, 0.717) is 0 Å². The number of fused-ring (bicyclic) bond motifs is 2. The van der Waals surface area contributed by atoms with Crippen LogP contribution in [-0.2, 0) is 4.74 Å². The van der Waals surface area contributed by atoms with Crippen molar-refractivity contribution >= 4 is 0 Å². The number of nitrogens with two attached hydrogens (primary N) is 1. The molecule has 2 heteroatoms. The Morgan fingerprint density at radius 1 is 1.18 bits per heavy atom. The van der Waals surface area contributed by atoms with Gasteiger partial charge in [-0.25, -0.2) is 0 Å². The van der Waals surface area contributed by atoms with Gasteiger partial charge in [0, 0.05) is 13.2 Å². The van der Waals surface area contributed by atoms with E-state index in [-0.39, 0.29) is 0 Å². The molecule has 2 rings (SSSR count). The summed E-state index contributed by atoms with van der Waals surface area (Å²) < 4.78 is 5.49. The zero-order valence-corrected chi connectivity index (χ0v) is 6.96. The zero-order valence-electron chi connectivity index (χ0n) is 6.96. The molecule has 1 aliphatic heterocycles. The largest absolute Gasteiger partial charge is 0.381 e. The highest BCUT2D eigenvalue weighted by Gasteiger charge is 2.38. The van der Waals surface area contributed by atoms with Gasteiger partial charge in [-0.1, -0.05) is 0 Å². The quantitative estimate of drug-likeness (QED) is 0.646. The van der Waals surface area contributed by atoms with Crippen LogP contribution >= 0.6 is 0 Å². The highest BCUT2D eigenvalue weighted by atomic mass is 16.5. The minimum absolute atomic E-state index is 0.845. The van der Waals surface area contributed by atoms with Crippen LogP contribution in [-0.4, -0.2) is 19.8 Å². The fourth-order valence-electron chi connectivity index (χ4n) is 2.69. The third kappa shape index (κ3) is 1.30. The van der Waals surface area contributed by atoms with Crippen molar-refractivity contribution in [1.29, 1.82) is 0 Å². The summed E-state index contributed by atoms with van der Waals surface area (Å²) in [7, 11) is 0. The second kappa shape index (κ2) is 3.11. The molecular weight excluding hydrogens is 138 g/mol.